The van der Waals surface area contributed by atoms with Crippen LogP contribution in [0.15, 0.2) is 146 Å². The van der Waals surface area contributed by atoms with Crippen LogP contribution in [0.5, 0.6) is 0 Å². The number of ether oxygens (including phenoxy) is 4. The Kier molecular flexibility index (Phi) is 70.5. The number of phosphoric acid groups is 2. The second-order valence-corrected chi connectivity index (χ2v) is 28.4. The summed E-state index contributed by atoms with van der Waals surface area (Å²) in [5.41, 5.74) is 0. The van der Waals surface area contributed by atoms with Crippen LogP contribution in [0, 0.1) is 0 Å². The Morgan fingerprint density at radius 1 is 0.284 bits per heavy atom. The molecule has 0 heterocycles. The van der Waals surface area contributed by atoms with E-state index in [0.29, 0.717) is 32.1 Å². The average Bonchev–Trinajstić information content (AvgIpc) is 0.921. The van der Waals surface area contributed by atoms with Crippen molar-refractivity contribution in [3.05, 3.63) is 146 Å². The van der Waals surface area contributed by atoms with Crippen LogP contribution in [0.3, 0.4) is 0 Å². The second-order valence-electron chi connectivity index (χ2n) is 25.5. The fourth-order valence-electron chi connectivity index (χ4n) is 9.91. The van der Waals surface area contributed by atoms with Crippen LogP contribution in [-0.4, -0.2) is 96.7 Å². The molecule has 17 nitrogen and oxygen atoms in total. The van der Waals surface area contributed by atoms with Crippen LogP contribution in [0.2, 0.25) is 0 Å². The van der Waals surface area contributed by atoms with E-state index in [-0.39, 0.29) is 25.7 Å². The summed E-state index contributed by atoms with van der Waals surface area (Å²) < 4.78 is 68.4. The monoisotopic (exact) mass is 1470 g/mol. The molecule has 0 aliphatic heterocycles. The Morgan fingerprint density at radius 3 is 0.863 bits per heavy atom. The molecule has 3 N–H and O–H groups in total. The number of hydrogen-bond acceptors (Lipinski definition) is 15. The van der Waals surface area contributed by atoms with E-state index in [1.54, 1.807) is 0 Å². The third-order valence-corrected chi connectivity index (χ3v) is 17.7. The highest BCUT2D eigenvalue weighted by Crippen LogP contribution is 2.45. The number of carbonyl (C=O) groups excluding carboxylic acids is 4. The van der Waals surface area contributed by atoms with Crippen molar-refractivity contribution in [3.8, 4) is 0 Å². The molecule has 0 fully saturated rings. The SMILES string of the molecule is CC/C=C\C/C=C\C/C=C\C/C=C\C/C=C\C/C=C\CCC(=O)OCC(COP(=O)(O)OCC(O)COP(=O)(O)OCC(COC(=O)CCCCCCC/C=C\C/C=C\CCCCC)OC(=O)CCCCCCCCCCCCC)OC(=O)CCCCCC/C=C\C/C=C\C/C=C\C/C=C\CC. The first kappa shape index (κ1) is 96.9. The molecular formula is C83H138O17P2. The molecule has 0 aliphatic rings. The predicted molar refractivity (Wildman–Crippen MR) is 417 cm³/mol. The molecule has 0 rings (SSSR count). The van der Waals surface area contributed by atoms with E-state index in [2.05, 4.69) is 155 Å². The minimum Gasteiger partial charge on any atom is -0.462 e. The summed E-state index contributed by atoms with van der Waals surface area (Å²) in [6.45, 7) is 4.48. The Labute approximate surface area is 617 Å². The molecular weight excluding hydrogens is 1330 g/mol. The second kappa shape index (κ2) is 74.2. The van der Waals surface area contributed by atoms with E-state index in [4.69, 9.17) is 37.0 Å². The minimum atomic E-state index is -5.00. The molecule has 0 aromatic carbocycles. The van der Waals surface area contributed by atoms with E-state index >= 15 is 0 Å². The van der Waals surface area contributed by atoms with Crippen molar-refractivity contribution in [2.75, 3.05) is 39.6 Å². The predicted octanol–water partition coefficient (Wildman–Crippen LogP) is 22.7. The summed E-state index contributed by atoms with van der Waals surface area (Å²) in [6.07, 6.45) is 84.2. The molecule has 0 bridgehead atoms. The van der Waals surface area contributed by atoms with Crippen molar-refractivity contribution >= 4 is 39.5 Å². The van der Waals surface area contributed by atoms with Gasteiger partial charge in [0.2, 0.25) is 0 Å². The first-order valence-corrected chi connectivity index (χ1v) is 42.1. The lowest BCUT2D eigenvalue weighted by Crippen LogP contribution is -2.30. The van der Waals surface area contributed by atoms with Gasteiger partial charge in [0.25, 0.3) is 0 Å². The molecule has 0 saturated heterocycles. The van der Waals surface area contributed by atoms with Crippen molar-refractivity contribution in [1.82, 2.24) is 0 Å². The highest BCUT2D eigenvalue weighted by Gasteiger charge is 2.30. The van der Waals surface area contributed by atoms with Gasteiger partial charge in [-0.25, -0.2) is 9.13 Å². The standard InChI is InChI=1S/C83H138O17P2/c1-5-9-13-17-21-25-29-32-35-37-38-40-42-45-49-52-56-60-64-68-81(86)94-74-79(100-83(88)70-66-62-58-54-50-46-43-39-36-33-30-26-22-18-14-10-6-2)76-98-102(91,92)96-72-77(84)71-95-101(89,90)97-75-78(99-82(87)69-65-61-57-53-47-28-24-20-16-12-8-4)73-93-80(85)67-63-59-55-51-48-44-41-34-31-27-23-19-15-11-7-3/h9-10,13-14,21-23,25-27,32-36,38,40-41,43,45-46,49,56,60,77-79,84H,5-8,11-12,15-20,24,28-31,37,39,42,44,47-48,50-55,57-59,61-76H2,1-4H3,(H,89,90)(H,91,92)/b13-9-,14-10-,25-21-,26-22-,27-23-,35-32-,36-33-,40-38-,41-34-,46-43-,49-45-,60-56-. The number of rotatable bonds is 72. The number of phosphoric ester groups is 2. The number of aliphatic hydroxyl groups excluding tert-OH is 1. The maximum Gasteiger partial charge on any atom is 0.472 e. The van der Waals surface area contributed by atoms with Gasteiger partial charge < -0.3 is 33.8 Å². The highest BCUT2D eigenvalue weighted by atomic mass is 31.2. The van der Waals surface area contributed by atoms with Crippen molar-refractivity contribution in [3.63, 3.8) is 0 Å². The van der Waals surface area contributed by atoms with Gasteiger partial charge in [-0.1, -0.05) is 283 Å². The summed E-state index contributed by atoms with van der Waals surface area (Å²) >= 11 is 0. The molecule has 102 heavy (non-hydrogen) atoms. The Morgan fingerprint density at radius 2 is 0.529 bits per heavy atom. The van der Waals surface area contributed by atoms with E-state index in [9.17, 15) is 43.2 Å². The van der Waals surface area contributed by atoms with Crippen LogP contribution in [0.25, 0.3) is 0 Å². The molecule has 0 spiro atoms. The maximum absolute atomic E-state index is 13.1. The Bertz CT molecular complexity index is 2510. The van der Waals surface area contributed by atoms with Gasteiger partial charge in [0.15, 0.2) is 12.2 Å². The topological polar surface area (TPSA) is 237 Å². The normalized spacial score (nSPS) is 14.7. The van der Waals surface area contributed by atoms with Crippen molar-refractivity contribution < 1.29 is 80.2 Å². The minimum absolute atomic E-state index is 0.0261. The molecule has 5 atom stereocenters. The third kappa shape index (κ3) is 73.3. The quantitative estimate of drug-likeness (QED) is 0.0169. The van der Waals surface area contributed by atoms with Gasteiger partial charge in [-0.3, -0.25) is 37.3 Å². The molecule has 582 valence electrons. The molecule has 0 aromatic heterocycles. The van der Waals surface area contributed by atoms with Crippen LogP contribution < -0.4 is 0 Å². The van der Waals surface area contributed by atoms with Gasteiger partial charge in [-0.15, -0.1) is 0 Å². The summed E-state index contributed by atoms with van der Waals surface area (Å²) in [5, 5.41) is 10.6. The van der Waals surface area contributed by atoms with Gasteiger partial charge >= 0.3 is 39.5 Å². The maximum atomic E-state index is 13.1. The van der Waals surface area contributed by atoms with Gasteiger partial charge in [-0.2, -0.15) is 0 Å². The number of hydrogen-bond donors (Lipinski definition) is 3. The van der Waals surface area contributed by atoms with Crippen LogP contribution in [0.4, 0.5) is 0 Å². The molecule has 5 unspecified atom stereocenters. The van der Waals surface area contributed by atoms with Crippen molar-refractivity contribution in [1.29, 1.82) is 0 Å². The third-order valence-electron chi connectivity index (χ3n) is 15.8. The zero-order chi connectivity index (χ0) is 74.6. The zero-order valence-electron chi connectivity index (χ0n) is 63.5. The van der Waals surface area contributed by atoms with Gasteiger partial charge in [0.1, 0.15) is 19.3 Å². The number of aliphatic hydroxyl groups is 1. The molecule has 19 heteroatoms. The summed E-state index contributed by atoms with van der Waals surface area (Å²) in [5.74, 6) is -2.32. The lowest BCUT2D eigenvalue weighted by Gasteiger charge is -2.21. The number of esters is 4. The van der Waals surface area contributed by atoms with E-state index in [1.165, 1.54) is 57.8 Å². The molecule has 0 aliphatic carbocycles. The van der Waals surface area contributed by atoms with Gasteiger partial charge in [-0.05, 0) is 135 Å². The van der Waals surface area contributed by atoms with Crippen LogP contribution >= 0.6 is 15.6 Å². The molecule has 0 aromatic rings. The summed E-state index contributed by atoms with van der Waals surface area (Å²) in [6, 6.07) is 0. The smallest absolute Gasteiger partial charge is 0.462 e. The molecule has 0 amide bonds. The number of allylic oxidation sites excluding steroid dienone is 24. The molecule has 0 radical (unpaired) electrons. The van der Waals surface area contributed by atoms with Crippen LogP contribution in [-0.2, 0) is 65.4 Å². The van der Waals surface area contributed by atoms with Gasteiger partial charge in [0.05, 0.1) is 26.4 Å². The number of carbonyl (C=O) groups is 4. The van der Waals surface area contributed by atoms with Crippen molar-refractivity contribution in [2.24, 2.45) is 0 Å². The van der Waals surface area contributed by atoms with Crippen molar-refractivity contribution in [2.45, 2.75) is 316 Å². The fraction of sp³-hybridized carbons (Fsp3) is 0.663. The molecule has 0 saturated carbocycles. The summed E-state index contributed by atoms with van der Waals surface area (Å²) in [4.78, 5) is 72.9. The Hall–Kier alpha value is -5.06. The lowest BCUT2D eigenvalue weighted by atomic mass is 10.1. The van der Waals surface area contributed by atoms with Crippen LogP contribution in [0.1, 0.15) is 297 Å². The first-order valence-electron chi connectivity index (χ1n) is 39.1. The number of unbranched alkanes of at least 4 members (excludes halogenated alkanes) is 22. The van der Waals surface area contributed by atoms with E-state index in [1.807, 2.05) is 18.2 Å². The van der Waals surface area contributed by atoms with Gasteiger partial charge in [0, 0.05) is 25.7 Å². The fourth-order valence-corrected chi connectivity index (χ4v) is 11.5. The largest absolute Gasteiger partial charge is 0.472 e. The zero-order valence-corrected chi connectivity index (χ0v) is 65.3. The lowest BCUT2D eigenvalue weighted by molar-refractivity contribution is -0.161. The first-order chi connectivity index (χ1) is 49.7. The summed E-state index contributed by atoms with van der Waals surface area (Å²) in [7, 11) is -9.99. The highest BCUT2D eigenvalue weighted by molar-refractivity contribution is 7.47. The Balaban J connectivity index is 5.44. The average molecular weight is 1470 g/mol. The van der Waals surface area contributed by atoms with E-state index < -0.39 is 97.5 Å². The van der Waals surface area contributed by atoms with E-state index in [0.717, 1.165) is 154 Å².